The minimum Gasteiger partial charge on any atom is -0.396 e. The van der Waals surface area contributed by atoms with Crippen LogP contribution in [-0.2, 0) is 4.79 Å². The molecule has 6 nitrogen and oxygen atoms in total. The van der Waals surface area contributed by atoms with Gasteiger partial charge in [-0.25, -0.2) is 4.98 Å². The van der Waals surface area contributed by atoms with E-state index in [-0.39, 0.29) is 18.2 Å². The average Bonchev–Trinajstić information content (AvgIpc) is 2.19. The lowest BCUT2D eigenvalue weighted by Gasteiger charge is -2.12. The molecule has 0 bridgehead atoms. The number of hydrogen-bond acceptors (Lipinski definition) is 5. The fourth-order valence-electron chi connectivity index (χ4n) is 1.25. The van der Waals surface area contributed by atoms with Crippen molar-refractivity contribution in [1.29, 1.82) is 5.26 Å². The number of nitrogens with two attached hydrogens (primary N) is 2. The smallest absolute Gasteiger partial charge is 0.219 e. The highest BCUT2D eigenvalue weighted by Crippen LogP contribution is 2.13. The molecule has 0 fully saturated rings. The van der Waals surface area contributed by atoms with Crippen molar-refractivity contribution >= 4 is 17.4 Å². The van der Waals surface area contributed by atoms with Crippen LogP contribution >= 0.6 is 0 Å². The Balaban J connectivity index is 2.75. The molecule has 0 saturated carbocycles. The standard InChI is InChI=1S/C10H13N5O/c1-6(4-9(13)16)14-10-3-2-7(12)8(5-11)15-10/h2-3,6H,4,12H2,1H3,(H2,13,16)(H,14,15). The van der Waals surface area contributed by atoms with Crippen molar-refractivity contribution < 1.29 is 4.79 Å². The van der Waals surface area contributed by atoms with Gasteiger partial charge in [-0.15, -0.1) is 0 Å². The summed E-state index contributed by atoms with van der Waals surface area (Å²) >= 11 is 0. The van der Waals surface area contributed by atoms with Crippen molar-refractivity contribution in [2.45, 2.75) is 19.4 Å². The monoisotopic (exact) mass is 219 g/mol. The molecule has 0 aliphatic carbocycles. The highest BCUT2D eigenvalue weighted by Gasteiger charge is 2.08. The Hall–Kier alpha value is -2.29. The van der Waals surface area contributed by atoms with Crippen molar-refractivity contribution in [3.8, 4) is 6.07 Å². The summed E-state index contributed by atoms with van der Waals surface area (Å²) < 4.78 is 0. The topological polar surface area (TPSA) is 118 Å². The number of nitrogens with zero attached hydrogens (tertiary/aromatic N) is 2. The van der Waals surface area contributed by atoms with Gasteiger partial charge in [0.1, 0.15) is 11.9 Å². The van der Waals surface area contributed by atoms with Crippen LogP contribution in [0.5, 0.6) is 0 Å². The molecule has 1 unspecified atom stereocenters. The summed E-state index contributed by atoms with van der Waals surface area (Å²) in [7, 11) is 0. The third-order valence-electron chi connectivity index (χ3n) is 1.93. The van der Waals surface area contributed by atoms with Crippen LogP contribution in [0.25, 0.3) is 0 Å². The number of pyridine rings is 1. The zero-order chi connectivity index (χ0) is 12.1. The number of primary amides is 1. The second-order valence-electron chi connectivity index (χ2n) is 3.46. The van der Waals surface area contributed by atoms with Gasteiger partial charge in [-0.3, -0.25) is 4.79 Å². The first-order valence-corrected chi connectivity index (χ1v) is 4.74. The molecule has 1 aromatic heterocycles. The third kappa shape index (κ3) is 3.13. The van der Waals surface area contributed by atoms with Gasteiger partial charge in [0.25, 0.3) is 0 Å². The molecule has 6 heteroatoms. The van der Waals surface area contributed by atoms with E-state index in [0.29, 0.717) is 11.5 Å². The molecule has 0 aliphatic heterocycles. The summed E-state index contributed by atoms with van der Waals surface area (Å²) in [6, 6.07) is 4.98. The number of carbonyl (C=O) groups is 1. The Morgan fingerprint density at radius 2 is 2.38 bits per heavy atom. The van der Waals surface area contributed by atoms with E-state index in [4.69, 9.17) is 16.7 Å². The van der Waals surface area contributed by atoms with Gasteiger partial charge in [0, 0.05) is 12.5 Å². The first kappa shape index (κ1) is 11.8. The maximum atomic E-state index is 10.7. The van der Waals surface area contributed by atoms with E-state index in [1.807, 2.05) is 6.07 Å². The number of aromatic nitrogens is 1. The number of hydrogen-bond donors (Lipinski definition) is 3. The molecule has 0 aromatic carbocycles. The van der Waals surface area contributed by atoms with E-state index >= 15 is 0 Å². The van der Waals surface area contributed by atoms with E-state index in [1.54, 1.807) is 19.1 Å². The van der Waals surface area contributed by atoms with Crippen LogP contribution in [0.2, 0.25) is 0 Å². The third-order valence-corrected chi connectivity index (χ3v) is 1.93. The molecule has 1 aromatic rings. The van der Waals surface area contributed by atoms with Crippen molar-refractivity contribution in [3.05, 3.63) is 17.8 Å². The normalized spacial score (nSPS) is 11.5. The van der Waals surface area contributed by atoms with E-state index in [1.165, 1.54) is 0 Å². The lowest BCUT2D eigenvalue weighted by Crippen LogP contribution is -2.24. The maximum Gasteiger partial charge on any atom is 0.219 e. The summed E-state index contributed by atoms with van der Waals surface area (Å²) in [5.74, 6) is 0.107. The molecule has 0 radical (unpaired) electrons. The first-order valence-electron chi connectivity index (χ1n) is 4.74. The van der Waals surface area contributed by atoms with Crippen LogP contribution in [0.4, 0.5) is 11.5 Å². The van der Waals surface area contributed by atoms with Crippen LogP contribution < -0.4 is 16.8 Å². The number of nitrogens with one attached hydrogen (secondary N) is 1. The number of anilines is 2. The number of nitrogen functional groups attached to an aromatic ring is 1. The predicted molar refractivity (Wildman–Crippen MR) is 60.3 cm³/mol. The molecule has 84 valence electrons. The van der Waals surface area contributed by atoms with Crippen LogP contribution in [0, 0.1) is 11.3 Å². The summed E-state index contributed by atoms with van der Waals surface area (Å²) in [6.45, 7) is 1.80. The second kappa shape index (κ2) is 4.98. The molecule has 0 spiro atoms. The van der Waals surface area contributed by atoms with Crippen LogP contribution in [0.1, 0.15) is 19.0 Å². The summed E-state index contributed by atoms with van der Waals surface area (Å²) in [4.78, 5) is 14.7. The summed E-state index contributed by atoms with van der Waals surface area (Å²) in [6.07, 6.45) is 0.202. The summed E-state index contributed by atoms with van der Waals surface area (Å²) in [5.41, 5.74) is 11.1. The van der Waals surface area contributed by atoms with E-state index < -0.39 is 5.91 Å². The molecule has 0 saturated heterocycles. The molecule has 5 N–H and O–H groups in total. The van der Waals surface area contributed by atoms with Gasteiger partial charge in [-0.1, -0.05) is 0 Å². The van der Waals surface area contributed by atoms with Crippen molar-refractivity contribution in [2.24, 2.45) is 5.73 Å². The van der Waals surface area contributed by atoms with Gasteiger partial charge in [0.15, 0.2) is 5.69 Å². The van der Waals surface area contributed by atoms with Gasteiger partial charge in [-0.05, 0) is 19.1 Å². The molecule has 1 rings (SSSR count). The van der Waals surface area contributed by atoms with Crippen molar-refractivity contribution in [1.82, 2.24) is 4.98 Å². The lowest BCUT2D eigenvalue weighted by molar-refractivity contribution is -0.118. The van der Waals surface area contributed by atoms with Crippen molar-refractivity contribution in [3.63, 3.8) is 0 Å². The Kier molecular flexibility index (Phi) is 3.67. The molecule has 1 atom stereocenters. The second-order valence-corrected chi connectivity index (χ2v) is 3.46. The van der Waals surface area contributed by atoms with Gasteiger partial charge in [0.05, 0.1) is 5.69 Å². The zero-order valence-electron chi connectivity index (χ0n) is 8.90. The molecule has 16 heavy (non-hydrogen) atoms. The molecule has 1 heterocycles. The SMILES string of the molecule is CC(CC(N)=O)Nc1ccc(N)c(C#N)n1. The van der Waals surface area contributed by atoms with Gasteiger partial charge >= 0.3 is 0 Å². The molecule has 1 amide bonds. The van der Waals surface area contributed by atoms with E-state index in [0.717, 1.165) is 0 Å². The number of carbonyl (C=O) groups excluding carboxylic acids is 1. The van der Waals surface area contributed by atoms with Crippen LogP contribution in [-0.4, -0.2) is 16.9 Å². The fraction of sp³-hybridized carbons (Fsp3) is 0.300. The van der Waals surface area contributed by atoms with Crippen LogP contribution in [0.3, 0.4) is 0 Å². The van der Waals surface area contributed by atoms with Gasteiger partial charge in [-0.2, -0.15) is 5.26 Å². The highest BCUT2D eigenvalue weighted by molar-refractivity contribution is 5.74. The number of rotatable bonds is 4. The van der Waals surface area contributed by atoms with Gasteiger partial charge in [0.2, 0.25) is 5.91 Å². The minimum atomic E-state index is -0.393. The molecule has 0 aliphatic rings. The quantitative estimate of drug-likeness (QED) is 0.669. The maximum absolute atomic E-state index is 10.7. The fourth-order valence-corrected chi connectivity index (χ4v) is 1.25. The molecular weight excluding hydrogens is 206 g/mol. The van der Waals surface area contributed by atoms with Crippen molar-refractivity contribution in [2.75, 3.05) is 11.1 Å². The minimum absolute atomic E-state index is 0.139. The summed E-state index contributed by atoms with van der Waals surface area (Å²) in [5, 5.41) is 11.7. The van der Waals surface area contributed by atoms with E-state index in [9.17, 15) is 4.79 Å². The average molecular weight is 219 g/mol. The molecular formula is C10H13N5O. The highest BCUT2D eigenvalue weighted by atomic mass is 16.1. The number of amides is 1. The zero-order valence-corrected chi connectivity index (χ0v) is 8.90. The Bertz CT molecular complexity index is 437. The first-order chi connectivity index (χ1) is 7.52. The predicted octanol–water partition coefficient (Wildman–Crippen LogP) is 0.211. The van der Waals surface area contributed by atoms with Gasteiger partial charge < -0.3 is 16.8 Å². The lowest BCUT2D eigenvalue weighted by atomic mass is 10.2. The number of nitriles is 1. The Labute approximate surface area is 93.3 Å². The Morgan fingerprint density at radius 1 is 1.69 bits per heavy atom. The van der Waals surface area contributed by atoms with Crippen LogP contribution in [0.15, 0.2) is 12.1 Å². The largest absolute Gasteiger partial charge is 0.396 e. The van der Waals surface area contributed by atoms with E-state index in [2.05, 4.69) is 10.3 Å². The Morgan fingerprint density at radius 3 is 2.94 bits per heavy atom.